The van der Waals surface area contributed by atoms with Crippen LogP contribution in [0.3, 0.4) is 0 Å². The van der Waals surface area contributed by atoms with E-state index < -0.39 is 0 Å². The molecule has 0 bridgehead atoms. The smallest absolute Gasteiger partial charge is 0.255 e. The summed E-state index contributed by atoms with van der Waals surface area (Å²) >= 11 is 0. The molecule has 0 atom stereocenters. The molecule has 0 aliphatic rings. The first-order valence-corrected chi connectivity index (χ1v) is 8.82. The van der Waals surface area contributed by atoms with E-state index >= 15 is 0 Å². The van der Waals surface area contributed by atoms with Crippen molar-refractivity contribution in [3.8, 4) is 11.5 Å². The number of rotatable bonds is 4. The van der Waals surface area contributed by atoms with Gasteiger partial charge in [0.1, 0.15) is 5.76 Å². The second-order valence-corrected chi connectivity index (χ2v) is 6.66. The zero-order valence-corrected chi connectivity index (χ0v) is 15.1. The molecule has 0 saturated heterocycles. The van der Waals surface area contributed by atoms with E-state index in [1.54, 1.807) is 18.5 Å². The SMILES string of the molecule is CC(C)c1cnc(-c2ccc(NC(=O)c3ccc4ncccc4c3)cc2)o1. The maximum absolute atomic E-state index is 12.5. The van der Waals surface area contributed by atoms with Crippen LogP contribution in [-0.4, -0.2) is 15.9 Å². The summed E-state index contributed by atoms with van der Waals surface area (Å²) in [5.74, 6) is 1.57. The maximum atomic E-state index is 12.5. The number of nitrogens with one attached hydrogen (secondary N) is 1. The second-order valence-electron chi connectivity index (χ2n) is 6.66. The van der Waals surface area contributed by atoms with E-state index in [1.807, 2.05) is 48.5 Å². The van der Waals surface area contributed by atoms with E-state index in [2.05, 4.69) is 29.1 Å². The molecule has 2 aromatic heterocycles. The molecule has 5 heteroatoms. The van der Waals surface area contributed by atoms with Crippen molar-refractivity contribution in [3.63, 3.8) is 0 Å². The fourth-order valence-electron chi connectivity index (χ4n) is 2.80. The zero-order chi connectivity index (χ0) is 18.8. The third-order valence-corrected chi connectivity index (χ3v) is 4.35. The normalized spacial score (nSPS) is 11.1. The Hall–Kier alpha value is -3.47. The lowest BCUT2D eigenvalue weighted by atomic mass is 10.1. The summed E-state index contributed by atoms with van der Waals surface area (Å²) < 4.78 is 5.76. The van der Waals surface area contributed by atoms with Gasteiger partial charge >= 0.3 is 0 Å². The lowest BCUT2D eigenvalue weighted by molar-refractivity contribution is 0.102. The highest BCUT2D eigenvalue weighted by Crippen LogP contribution is 2.24. The van der Waals surface area contributed by atoms with Crippen LogP contribution in [-0.2, 0) is 0 Å². The number of aromatic nitrogens is 2. The van der Waals surface area contributed by atoms with E-state index in [1.165, 1.54) is 0 Å². The highest BCUT2D eigenvalue weighted by molar-refractivity contribution is 6.06. The molecule has 4 rings (SSSR count). The quantitative estimate of drug-likeness (QED) is 0.540. The Balaban J connectivity index is 1.50. The Labute approximate surface area is 157 Å². The summed E-state index contributed by atoms with van der Waals surface area (Å²) in [7, 11) is 0. The monoisotopic (exact) mass is 357 g/mol. The summed E-state index contributed by atoms with van der Waals surface area (Å²) in [6, 6.07) is 16.7. The Morgan fingerprint density at radius 2 is 1.85 bits per heavy atom. The van der Waals surface area contributed by atoms with Crippen LogP contribution in [0.25, 0.3) is 22.4 Å². The van der Waals surface area contributed by atoms with E-state index in [9.17, 15) is 4.79 Å². The fourth-order valence-corrected chi connectivity index (χ4v) is 2.80. The average molecular weight is 357 g/mol. The molecule has 0 aliphatic heterocycles. The highest BCUT2D eigenvalue weighted by Gasteiger charge is 2.11. The van der Waals surface area contributed by atoms with Crippen LogP contribution in [0.2, 0.25) is 0 Å². The zero-order valence-electron chi connectivity index (χ0n) is 15.1. The number of amides is 1. The molecule has 27 heavy (non-hydrogen) atoms. The Morgan fingerprint density at radius 1 is 1.04 bits per heavy atom. The van der Waals surface area contributed by atoms with Crippen LogP contribution in [0, 0.1) is 0 Å². The van der Waals surface area contributed by atoms with E-state index in [0.29, 0.717) is 23.1 Å². The molecule has 2 heterocycles. The summed E-state index contributed by atoms with van der Waals surface area (Å²) in [4.78, 5) is 21.1. The van der Waals surface area contributed by atoms with Crippen molar-refractivity contribution in [2.45, 2.75) is 19.8 Å². The lowest BCUT2D eigenvalue weighted by Crippen LogP contribution is -2.11. The van der Waals surface area contributed by atoms with Gasteiger partial charge in [-0.05, 0) is 48.5 Å². The number of benzene rings is 2. The molecule has 2 aromatic carbocycles. The van der Waals surface area contributed by atoms with Gasteiger partial charge in [0, 0.05) is 34.3 Å². The second kappa shape index (κ2) is 7.03. The molecule has 0 saturated carbocycles. The molecule has 0 aliphatic carbocycles. The minimum Gasteiger partial charge on any atom is -0.441 e. The van der Waals surface area contributed by atoms with Crippen molar-refractivity contribution in [1.82, 2.24) is 9.97 Å². The van der Waals surface area contributed by atoms with Crippen LogP contribution in [0.4, 0.5) is 5.69 Å². The van der Waals surface area contributed by atoms with Gasteiger partial charge in [-0.25, -0.2) is 4.98 Å². The van der Waals surface area contributed by atoms with Gasteiger partial charge in [0.2, 0.25) is 5.89 Å². The van der Waals surface area contributed by atoms with Crippen molar-refractivity contribution in [2.75, 3.05) is 5.32 Å². The number of hydrogen-bond donors (Lipinski definition) is 1. The predicted molar refractivity (Wildman–Crippen MR) is 106 cm³/mol. The molecular weight excluding hydrogens is 338 g/mol. The van der Waals surface area contributed by atoms with Crippen molar-refractivity contribution >= 4 is 22.5 Å². The van der Waals surface area contributed by atoms with Gasteiger partial charge in [-0.1, -0.05) is 19.9 Å². The number of carbonyl (C=O) groups excluding carboxylic acids is 1. The van der Waals surface area contributed by atoms with Gasteiger partial charge in [-0.2, -0.15) is 0 Å². The number of pyridine rings is 1. The molecule has 134 valence electrons. The molecule has 0 fully saturated rings. The van der Waals surface area contributed by atoms with Gasteiger partial charge < -0.3 is 9.73 Å². The molecule has 0 radical (unpaired) electrons. The third-order valence-electron chi connectivity index (χ3n) is 4.35. The largest absolute Gasteiger partial charge is 0.441 e. The van der Waals surface area contributed by atoms with Crippen molar-refractivity contribution in [1.29, 1.82) is 0 Å². The number of hydrogen-bond acceptors (Lipinski definition) is 4. The topological polar surface area (TPSA) is 68.0 Å². The molecule has 0 unspecified atom stereocenters. The highest BCUT2D eigenvalue weighted by atomic mass is 16.4. The van der Waals surface area contributed by atoms with Crippen LogP contribution < -0.4 is 5.32 Å². The fraction of sp³-hybridized carbons (Fsp3) is 0.136. The molecule has 5 nitrogen and oxygen atoms in total. The van der Waals surface area contributed by atoms with Crippen LogP contribution in [0.1, 0.15) is 35.9 Å². The maximum Gasteiger partial charge on any atom is 0.255 e. The lowest BCUT2D eigenvalue weighted by Gasteiger charge is -2.07. The number of anilines is 1. The molecular formula is C22H19N3O2. The first kappa shape index (κ1) is 17.0. The summed E-state index contributed by atoms with van der Waals surface area (Å²) in [5, 5.41) is 3.85. The van der Waals surface area contributed by atoms with Crippen LogP contribution >= 0.6 is 0 Å². The summed E-state index contributed by atoms with van der Waals surface area (Å²) in [5.41, 5.74) is 3.04. The van der Waals surface area contributed by atoms with Crippen molar-refractivity contribution in [2.24, 2.45) is 0 Å². The van der Waals surface area contributed by atoms with E-state index in [0.717, 1.165) is 22.2 Å². The molecule has 1 amide bonds. The van der Waals surface area contributed by atoms with Crippen molar-refractivity contribution < 1.29 is 9.21 Å². The van der Waals surface area contributed by atoms with E-state index in [-0.39, 0.29) is 5.91 Å². The van der Waals surface area contributed by atoms with Gasteiger partial charge in [-0.15, -0.1) is 0 Å². The number of fused-ring (bicyclic) bond motifs is 1. The molecule has 0 spiro atoms. The predicted octanol–water partition coefficient (Wildman–Crippen LogP) is 5.27. The first-order chi connectivity index (χ1) is 13.1. The first-order valence-electron chi connectivity index (χ1n) is 8.82. The third kappa shape index (κ3) is 3.58. The van der Waals surface area contributed by atoms with Gasteiger partial charge in [0.15, 0.2) is 0 Å². The molecule has 1 N–H and O–H groups in total. The Morgan fingerprint density at radius 3 is 2.59 bits per heavy atom. The number of carbonyl (C=O) groups is 1. The minimum atomic E-state index is -0.160. The van der Waals surface area contributed by atoms with Crippen LogP contribution in [0.5, 0.6) is 0 Å². The Kier molecular flexibility index (Phi) is 4.42. The molecule has 4 aromatic rings. The Bertz CT molecular complexity index is 1100. The van der Waals surface area contributed by atoms with Gasteiger partial charge in [0.25, 0.3) is 5.91 Å². The van der Waals surface area contributed by atoms with Crippen LogP contribution in [0.15, 0.2) is 71.4 Å². The summed E-state index contributed by atoms with van der Waals surface area (Å²) in [6.07, 6.45) is 3.49. The number of nitrogens with zero attached hydrogens (tertiary/aromatic N) is 2. The van der Waals surface area contributed by atoms with Crippen molar-refractivity contribution in [3.05, 3.63) is 78.3 Å². The minimum absolute atomic E-state index is 0.160. The average Bonchev–Trinajstić information content (AvgIpc) is 3.19. The summed E-state index contributed by atoms with van der Waals surface area (Å²) in [6.45, 7) is 4.12. The van der Waals surface area contributed by atoms with E-state index in [4.69, 9.17) is 4.42 Å². The standard InChI is InChI=1S/C22H19N3O2/c1-14(2)20-13-24-22(27-20)15-5-8-18(9-6-15)25-21(26)17-7-10-19-16(12-17)4-3-11-23-19/h3-14H,1-2H3,(H,25,26). The van der Waals surface area contributed by atoms with Gasteiger partial charge in [0.05, 0.1) is 11.7 Å². The van der Waals surface area contributed by atoms with Gasteiger partial charge in [-0.3, -0.25) is 9.78 Å². The number of oxazole rings is 1.